The van der Waals surface area contributed by atoms with Gasteiger partial charge < -0.3 is 9.32 Å². The summed E-state index contributed by atoms with van der Waals surface area (Å²) in [5, 5.41) is 2.24. The van der Waals surface area contributed by atoms with Gasteiger partial charge in [-0.1, -0.05) is 140 Å². The van der Waals surface area contributed by atoms with Gasteiger partial charge >= 0.3 is 0 Å². The predicted octanol–water partition coefficient (Wildman–Crippen LogP) is 13.7. The van der Waals surface area contributed by atoms with Gasteiger partial charge in [0.1, 0.15) is 11.2 Å². The number of furan rings is 1. The molecule has 0 aliphatic heterocycles. The monoisotopic (exact) mass is 639 g/mol. The highest BCUT2D eigenvalue weighted by molar-refractivity contribution is 6.07. The van der Waals surface area contributed by atoms with Crippen LogP contribution in [-0.4, -0.2) is 0 Å². The molecule has 236 valence electrons. The van der Waals surface area contributed by atoms with Crippen LogP contribution in [0.3, 0.4) is 0 Å². The molecule has 9 aromatic rings. The second-order valence-electron chi connectivity index (χ2n) is 12.6. The van der Waals surface area contributed by atoms with E-state index in [1.54, 1.807) is 0 Å². The highest BCUT2D eigenvalue weighted by Gasteiger charge is 2.16. The molecule has 0 radical (unpaired) electrons. The van der Waals surface area contributed by atoms with Crippen LogP contribution in [-0.2, 0) is 0 Å². The molecule has 8 aromatic carbocycles. The van der Waals surface area contributed by atoms with Crippen molar-refractivity contribution in [3.8, 4) is 44.5 Å². The Morgan fingerprint density at radius 2 is 0.620 bits per heavy atom. The molecule has 0 N–H and O–H groups in total. The molecular weight excluding hydrogens is 607 g/mol. The number of hydrogen-bond donors (Lipinski definition) is 0. The minimum atomic E-state index is 0.892. The Kier molecular flexibility index (Phi) is 7.53. The van der Waals surface area contributed by atoms with Crippen LogP contribution >= 0.6 is 0 Å². The molecule has 2 nitrogen and oxygen atoms in total. The number of nitrogens with zero attached hydrogens (tertiary/aromatic N) is 1. The zero-order valence-electron chi connectivity index (χ0n) is 27.4. The van der Waals surface area contributed by atoms with Crippen LogP contribution < -0.4 is 4.90 Å². The third-order valence-electron chi connectivity index (χ3n) is 9.48. The van der Waals surface area contributed by atoms with E-state index >= 15 is 0 Å². The third-order valence-corrected chi connectivity index (χ3v) is 9.48. The average molecular weight is 640 g/mol. The van der Waals surface area contributed by atoms with Crippen LogP contribution in [0.25, 0.3) is 66.4 Å². The van der Waals surface area contributed by atoms with Crippen molar-refractivity contribution in [2.24, 2.45) is 0 Å². The molecule has 0 aliphatic rings. The van der Waals surface area contributed by atoms with Crippen molar-refractivity contribution in [2.75, 3.05) is 4.90 Å². The summed E-state index contributed by atoms with van der Waals surface area (Å²) in [4.78, 5) is 2.34. The van der Waals surface area contributed by atoms with E-state index in [9.17, 15) is 0 Å². The molecule has 0 amide bonds. The molecule has 0 fully saturated rings. The molecule has 0 saturated heterocycles. The van der Waals surface area contributed by atoms with Crippen LogP contribution in [0.2, 0.25) is 0 Å². The lowest BCUT2D eigenvalue weighted by atomic mass is 9.99. The fraction of sp³-hybridized carbons (Fsp3) is 0. The van der Waals surface area contributed by atoms with Gasteiger partial charge in [0, 0.05) is 27.8 Å². The Morgan fingerprint density at radius 1 is 0.260 bits per heavy atom. The molecule has 0 spiro atoms. The van der Waals surface area contributed by atoms with Gasteiger partial charge in [-0.3, -0.25) is 0 Å². The van der Waals surface area contributed by atoms with E-state index in [0.29, 0.717) is 0 Å². The van der Waals surface area contributed by atoms with Crippen molar-refractivity contribution >= 4 is 39.0 Å². The van der Waals surface area contributed by atoms with Gasteiger partial charge in [0.25, 0.3) is 0 Å². The largest absolute Gasteiger partial charge is 0.456 e. The maximum atomic E-state index is 6.29. The average Bonchev–Trinajstić information content (AvgIpc) is 3.57. The molecule has 1 heterocycles. The van der Waals surface area contributed by atoms with Crippen molar-refractivity contribution in [1.82, 2.24) is 0 Å². The lowest BCUT2D eigenvalue weighted by Crippen LogP contribution is -2.10. The summed E-state index contributed by atoms with van der Waals surface area (Å²) in [6, 6.07) is 71.1. The summed E-state index contributed by atoms with van der Waals surface area (Å²) in [6.45, 7) is 0. The number of rotatable bonds is 7. The quantitative estimate of drug-likeness (QED) is 0.173. The fourth-order valence-electron chi connectivity index (χ4n) is 6.91. The molecule has 50 heavy (non-hydrogen) atoms. The summed E-state index contributed by atoms with van der Waals surface area (Å²) in [5.74, 6) is 0. The lowest BCUT2D eigenvalue weighted by Gasteiger charge is -2.26. The molecular formula is C48H33NO. The van der Waals surface area contributed by atoms with Crippen molar-refractivity contribution in [1.29, 1.82) is 0 Å². The summed E-state index contributed by atoms with van der Waals surface area (Å²) < 4.78 is 6.29. The van der Waals surface area contributed by atoms with E-state index < -0.39 is 0 Å². The highest BCUT2D eigenvalue weighted by atomic mass is 16.3. The van der Waals surface area contributed by atoms with E-state index in [4.69, 9.17) is 4.42 Å². The smallest absolute Gasteiger partial charge is 0.135 e. The lowest BCUT2D eigenvalue weighted by molar-refractivity contribution is 0.669. The maximum absolute atomic E-state index is 6.29. The van der Waals surface area contributed by atoms with E-state index in [1.165, 1.54) is 33.4 Å². The second-order valence-corrected chi connectivity index (χ2v) is 12.6. The number of anilines is 3. The SMILES string of the molecule is c1ccc(-c2ccc(N(c3ccc(-c4ccccc4)cc3)c3cccc(-c4ccc5oc6ccc(-c7ccccc7)cc6c5c4)c3)cc2)cc1. The maximum Gasteiger partial charge on any atom is 0.135 e. The molecule has 0 aliphatic carbocycles. The van der Waals surface area contributed by atoms with Crippen LogP contribution in [0.15, 0.2) is 205 Å². The Balaban J connectivity index is 1.13. The van der Waals surface area contributed by atoms with Gasteiger partial charge in [0.05, 0.1) is 0 Å². The standard InChI is InChI=1S/C48H33NO/c1-4-11-34(12-5-1)37-19-25-42(26-20-37)49(43-27-21-38(22-28-43)35-13-6-2-7-14-35)44-18-10-17-39(31-44)41-24-30-48-46(33-41)45-32-40(23-29-47(45)50-48)36-15-8-3-9-16-36/h1-33H. The second kappa shape index (κ2) is 12.8. The zero-order chi connectivity index (χ0) is 33.3. The van der Waals surface area contributed by atoms with Crippen LogP contribution in [0, 0.1) is 0 Å². The van der Waals surface area contributed by atoms with Crippen LogP contribution in [0.5, 0.6) is 0 Å². The summed E-state index contributed by atoms with van der Waals surface area (Å²) >= 11 is 0. The van der Waals surface area contributed by atoms with Gasteiger partial charge in [-0.2, -0.15) is 0 Å². The first-order valence-corrected chi connectivity index (χ1v) is 17.0. The van der Waals surface area contributed by atoms with Crippen molar-refractivity contribution in [3.05, 3.63) is 200 Å². The van der Waals surface area contributed by atoms with E-state index in [-0.39, 0.29) is 0 Å². The highest BCUT2D eigenvalue weighted by Crippen LogP contribution is 2.40. The Labute approximate surface area is 292 Å². The Bertz CT molecular complexity index is 2470. The minimum Gasteiger partial charge on any atom is -0.456 e. The molecule has 1 aromatic heterocycles. The predicted molar refractivity (Wildman–Crippen MR) is 210 cm³/mol. The van der Waals surface area contributed by atoms with Gasteiger partial charge in [-0.05, 0) is 105 Å². The van der Waals surface area contributed by atoms with Gasteiger partial charge in [-0.25, -0.2) is 0 Å². The van der Waals surface area contributed by atoms with E-state index in [0.717, 1.165) is 50.1 Å². The normalized spacial score (nSPS) is 11.2. The van der Waals surface area contributed by atoms with Crippen molar-refractivity contribution in [2.45, 2.75) is 0 Å². The minimum absolute atomic E-state index is 0.892. The van der Waals surface area contributed by atoms with Gasteiger partial charge in [0.15, 0.2) is 0 Å². The summed E-state index contributed by atoms with van der Waals surface area (Å²) in [7, 11) is 0. The van der Waals surface area contributed by atoms with Crippen LogP contribution in [0.4, 0.5) is 17.1 Å². The molecule has 0 atom stereocenters. The summed E-state index contributed by atoms with van der Waals surface area (Å²) in [6.07, 6.45) is 0. The van der Waals surface area contributed by atoms with Gasteiger partial charge in [-0.15, -0.1) is 0 Å². The first kappa shape index (κ1) is 29.5. The zero-order valence-corrected chi connectivity index (χ0v) is 27.4. The number of fused-ring (bicyclic) bond motifs is 3. The van der Waals surface area contributed by atoms with Crippen molar-refractivity contribution in [3.63, 3.8) is 0 Å². The topological polar surface area (TPSA) is 16.4 Å². The Hall–Kier alpha value is -6.64. The fourth-order valence-corrected chi connectivity index (χ4v) is 6.91. The van der Waals surface area contributed by atoms with Gasteiger partial charge in [0.2, 0.25) is 0 Å². The van der Waals surface area contributed by atoms with Crippen LogP contribution in [0.1, 0.15) is 0 Å². The van der Waals surface area contributed by atoms with Crippen molar-refractivity contribution < 1.29 is 4.42 Å². The van der Waals surface area contributed by atoms with E-state index in [2.05, 4.69) is 205 Å². The first-order valence-electron chi connectivity index (χ1n) is 17.0. The molecule has 0 bridgehead atoms. The molecule has 0 saturated carbocycles. The van der Waals surface area contributed by atoms with E-state index in [1.807, 2.05) is 0 Å². The number of benzene rings is 8. The first-order chi connectivity index (χ1) is 24.8. The molecule has 9 rings (SSSR count). The third kappa shape index (κ3) is 5.63. The molecule has 0 unspecified atom stereocenters. The summed E-state index contributed by atoms with van der Waals surface area (Å²) in [5.41, 5.74) is 14.5. The Morgan fingerprint density at radius 3 is 1.10 bits per heavy atom. The number of hydrogen-bond acceptors (Lipinski definition) is 2. The molecule has 2 heteroatoms.